The minimum absolute atomic E-state index is 0.122. The van der Waals surface area contributed by atoms with E-state index < -0.39 is 78.8 Å². The molecule has 0 saturated heterocycles. The van der Waals surface area contributed by atoms with Crippen LogP contribution in [0.5, 0.6) is 0 Å². The summed E-state index contributed by atoms with van der Waals surface area (Å²) in [4.78, 5) is 4.53. The highest BCUT2D eigenvalue weighted by molar-refractivity contribution is 5.07. The van der Waals surface area contributed by atoms with E-state index in [1.165, 1.54) is 0 Å². The molecule has 13 nitrogen and oxygen atoms in total. The Morgan fingerprint density at radius 2 is 1.44 bits per heavy atom. The second-order valence-corrected chi connectivity index (χ2v) is 15.2. The van der Waals surface area contributed by atoms with E-state index >= 15 is 0 Å². The van der Waals surface area contributed by atoms with E-state index in [1.54, 1.807) is 13.8 Å². The highest BCUT2D eigenvalue weighted by atomic mass is 17.1. The fraction of sp³-hybridized carbons (Fsp3) is 0.938. The van der Waals surface area contributed by atoms with E-state index in [2.05, 4.69) is 39.5 Å². The largest absolute Gasteiger partial charge is 0.506 e. The molecular weight excluding hydrogens is 592 g/mol. The molecule has 268 valence electrons. The van der Waals surface area contributed by atoms with Gasteiger partial charge in [0.2, 0.25) is 6.29 Å². The quantitative estimate of drug-likeness (QED) is 0.0419. The molecule has 13 heteroatoms. The molecule has 8 unspecified atom stereocenters. The van der Waals surface area contributed by atoms with Gasteiger partial charge < -0.3 is 55.4 Å². The molecule has 0 bridgehead atoms. The second-order valence-electron chi connectivity index (χ2n) is 15.2. The first-order chi connectivity index (χ1) is 20.5. The average Bonchev–Trinajstić information content (AvgIpc) is 2.92. The first-order valence-electron chi connectivity index (χ1n) is 15.9. The third-order valence-corrected chi connectivity index (χ3v) is 10.4. The van der Waals surface area contributed by atoms with E-state index in [4.69, 9.17) is 14.6 Å². The van der Waals surface area contributed by atoms with E-state index in [0.717, 1.165) is 19.3 Å². The minimum Gasteiger partial charge on any atom is -0.506 e. The summed E-state index contributed by atoms with van der Waals surface area (Å²) in [6.07, 6.45) is -7.51. The Morgan fingerprint density at radius 1 is 0.867 bits per heavy atom. The van der Waals surface area contributed by atoms with Crippen LogP contribution in [0.25, 0.3) is 0 Å². The normalized spacial score (nSPS) is 25.9. The van der Waals surface area contributed by atoms with Crippen LogP contribution in [0.3, 0.4) is 0 Å². The highest BCUT2D eigenvalue weighted by Gasteiger charge is 2.56. The van der Waals surface area contributed by atoms with Gasteiger partial charge in [-0.15, -0.1) is 0 Å². The van der Waals surface area contributed by atoms with Crippen LogP contribution < -0.4 is 0 Å². The lowest BCUT2D eigenvalue weighted by Crippen LogP contribution is -2.57. The van der Waals surface area contributed by atoms with Crippen molar-refractivity contribution < 1.29 is 65.6 Å². The summed E-state index contributed by atoms with van der Waals surface area (Å²) in [5, 5.41) is 99.6. The molecule has 1 aliphatic carbocycles. The predicted molar refractivity (Wildman–Crippen MR) is 166 cm³/mol. The Balaban J connectivity index is 3.09. The summed E-state index contributed by atoms with van der Waals surface area (Å²) >= 11 is 0. The van der Waals surface area contributed by atoms with Crippen molar-refractivity contribution >= 4 is 0 Å². The molecule has 0 amide bonds. The molecule has 0 aromatic rings. The summed E-state index contributed by atoms with van der Waals surface area (Å²) in [6, 6.07) is 0. The van der Waals surface area contributed by atoms with Crippen molar-refractivity contribution in [2.75, 3.05) is 13.2 Å². The van der Waals surface area contributed by atoms with Crippen LogP contribution in [-0.2, 0) is 14.4 Å². The lowest BCUT2D eigenvalue weighted by molar-refractivity contribution is -0.312. The molecule has 0 spiro atoms. The van der Waals surface area contributed by atoms with Gasteiger partial charge >= 0.3 is 0 Å². The molecule has 45 heavy (non-hydrogen) atoms. The lowest BCUT2D eigenvalue weighted by Gasteiger charge is -2.59. The topological polar surface area (TPSA) is 230 Å². The summed E-state index contributed by atoms with van der Waals surface area (Å²) in [5.41, 5.74) is -2.15. The number of hydrogen-bond acceptors (Lipinski definition) is 13. The first kappa shape index (κ1) is 41.9. The maximum Gasteiger partial charge on any atom is 0.218 e. The molecule has 0 radical (unpaired) electrons. The molecule has 0 aliphatic heterocycles. The van der Waals surface area contributed by atoms with Gasteiger partial charge in [-0.1, -0.05) is 48.5 Å². The Bertz CT molecular complexity index is 913. The zero-order valence-corrected chi connectivity index (χ0v) is 28.5. The molecule has 1 saturated carbocycles. The Morgan fingerprint density at radius 3 is 1.93 bits per heavy atom. The first-order valence-corrected chi connectivity index (χ1v) is 15.9. The Labute approximate surface area is 268 Å². The number of ether oxygens (including phenoxy) is 2. The van der Waals surface area contributed by atoms with E-state index in [-0.39, 0.29) is 29.1 Å². The van der Waals surface area contributed by atoms with Crippen molar-refractivity contribution in [2.45, 2.75) is 150 Å². The molecule has 0 heterocycles. The van der Waals surface area contributed by atoms with E-state index in [0.29, 0.717) is 12.8 Å². The highest BCUT2D eigenvalue weighted by Crippen LogP contribution is 2.60. The summed E-state index contributed by atoms with van der Waals surface area (Å²) < 4.78 is 11.3. The van der Waals surface area contributed by atoms with Crippen molar-refractivity contribution in [3.63, 3.8) is 0 Å². The predicted octanol–water partition coefficient (Wildman–Crippen LogP) is 2.74. The van der Waals surface area contributed by atoms with Gasteiger partial charge in [-0.25, -0.2) is 4.89 Å². The third-order valence-electron chi connectivity index (χ3n) is 10.4. The van der Waals surface area contributed by atoms with Crippen molar-refractivity contribution in [1.82, 2.24) is 0 Å². The lowest BCUT2D eigenvalue weighted by atomic mass is 9.47. The van der Waals surface area contributed by atoms with Crippen LogP contribution in [0.2, 0.25) is 0 Å². The van der Waals surface area contributed by atoms with Gasteiger partial charge in [-0.3, -0.25) is 5.26 Å². The van der Waals surface area contributed by atoms with Gasteiger partial charge in [-0.2, -0.15) is 0 Å². The Hall–Kier alpha value is -1.10. The zero-order valence-electron chi connectivity index (χ0n) is 28.5. The van der Waals surface area contributed by atoms with E-state index in [1.807, 2.05) is 13.8 Å². The molecular formula is C32H62O13. The number of hydrogen-bond donors (Lipinski definition) is 10. The van der Waals surface area contributed by atoms with E-state index in [9.17, 15) is 46.1 Å². The van der Waals surface area contributed by atoms with Crippen molar-refractivity contribution in [2.24, 2.45) is 28.1 Å². The molecule has 0 aromatic carbocycles. The number of rotatable bonds is 19. The summed E-state index contributed by atoms with van der Waals surface area (Å²) in [7, 11) is 0. The third kappa shape index (κ3) is 10.7. The maximum atomic E-state index is 11.0. The van der Waals surface area contributed by atoms with Crippen LogP contribution >= 0.6 is 0 Å². The number of aliphatic hydroxyl groups is 9. The number of aliphatic hydroxyl groups excluding tert-OH is 8. The van der Waals surface area contributed by atoms with Crippen LogP contribution in [0.15, 0.2) is 11.5 Å². The summed E-state index contributed by atoms with van der Waals surface area (Å²) in [5.74, 6) is -1.74. The van der Waals surface area contributed by atoms with Crippen molar-refractivity contribution in [3.8, 4) is 0 Å². The second kappa shape index (κ2) is 16.8. The molecule has 1 fully saturated rings. The van der Waals surface area contributed by atoms with Crippen LogP contribution in [0.4, 0.5) is 0 Å². The zero-order chi connectivity index (χ0) is 35.1. The molecule has 9 atom stereocenters. The molecule has 1 aliphatic rings. The minimum atomic E-state index is -2.30. The summed E-state index contributed by atoms with van der Waals surface area (Å²) in [6.45, 7) is 16.8. The average molecular weight is 655 g/mol. The SMILES string of the molecule is CC(CCC(OO)C(C)(C)O)CC(C)(C)C1CCC(OC(O)C(OC(O)/C(O)=C(/O)[C@@H](O)CCO)C(O)CO)C(C)(C)C1(C)C. The molecule has 0 aromatic heterocycles. The van der Waals surface area contributed by atoms with Gasteiger partial charge in [0, 0.05) is 13.0 Å². The van der Waals surface area contributed by atoms with Crippen molar-refractivity contribution in [3.05, 3.63) is 11.5 Å². The monoisotopic (exact) mass is 654 g/mol. The van der Waals surface area contributed by atoms with Crippen LogP contribution in [0.1, 0.15) is 101 Å². The van der Waals surface area contributed by atoms with Gasteiger partial charge in [0.15, 0.2) is 17.8 Å². The van der Waals surface area contributed by atoms with Crippen LogP contribution in [0, 0.1) is 28.1 Å². The smallest absolute Gasteiger partial charge is 0.218 e. The van der Waals surface area contributed by atoms with Gasteiger partial charge in [-0.05, 0) is 74.0 Å². The molecule has 1 rings (SSSR count). The maximum absolute atomic E-state index is 11.0. The van der Waals surface area contributed by atoms with Crippen molar-refractivity contribution in [1.29, 1.82) is 0 Å². The fourth-order valence-electron chi connectivity index (χ4n) is 7.09. The van der Waals surface area contributed by atoms with Gasteiger partial charge in [0.05, 0.1) is 18.3 Å². The Kier molecular flexibility index (Phi) is 15.7. The molecule has 10 N–H and O–H groups in total. The van der Waals surface area contributed by atoms with Gasteiger partial charge in [0.1, 0.15) is 24.4 Å². The van der Waals surface area contributed by atoms with Crippen LogP contribution in [-0.4, -0.2) is 113 Å². The van der Waals surface area contributed by atoms with Gasteiger partial charge in [0.25, 0.3) is 0 Å². The standard InChI is InChI=1S/C32H62O13/c1-18(10-12-23(45-42)32(8,9)41)16-29(2,3)21-11-13-22(31(6,7)30(21,4)5)43-28(40)26(20(36)17-34)44-27(39)25(38)24(37)19(35)14-15-33/h18-23,26-28,33-42H,10-17H2,1-9H3/b25-24-/t18?,19-,20?,21?,22?,23?,26?,27?,28?/m0/s1. The fourth-order valence-corrected chi connectivity index (χ4v) is 7.09.